The SMILES string of the molecule is CC(=O)c1oc2ccc(C)c(Br)c2c1N. The van der Waals surface area contributed by atoms with Gasteiger partial charge in [-0.1, -0.05) is 6.07 Å². The number of hydrogen-bond acceptors (Lipinski definition) is 3. The summed E-state index contributed by atoms with van der Waals surface area (Å²) in [5.74, 6) is 0.0737. The van der Waals surface area contributed by atoms with Gasteiger partial charge in [0.05, 0.1) is 11.1 Å². The second-order valence-corrected chi connectivity index (χ2v) is 4.26. The van der Waals surface area contributed by atoms with Gasteiger partial charge in [-0.2, -0.15) is 0 Å². The van der Waals surface area contributed by atoms with Gasteiger partial charge in [0.1, 0.15) is 5.58 Å². The molecule has 0 aliphatic rings. The first-order chi connectivity index (χ1) is 7.02. The molecular formula is C11H10BrNO2. The molecule has 2 N–H and O–H groups in total. The molecule has 1 aromatic carbocycles. The van der Waals surface area contributed by atoms with Crippen molar-refractivity contribution in [3.8, 4) is 0 Å². The van der Waals surface area contributed by atoms with E-state index in [-0.39, 0.29) is 11.5 Å². The van der Waals surface area contributed by atoms with Crippen molar-refractivity contribution < 1.29 is 9.21 Å². The molecule has 3 nitrogen and oxygen atoms in total. The smallest absolute Gasteiger partial charge is 0.197 e. The molecule has 0 aliphatic carbocycles. The minimum absolute atomic E-state index is 0.159. The first-order valence-corrected chi connectivity index (χ1v) is 5.29. The molecule has 0 aliphatic heterocycles. The highest BCUT2D eigenvalue weighted by Crippen LogP contribution is 2.36. The second-order valence-electron chi connectivity index (χ2n) is 3.47. The number of carbonyl (C=O) groups is 1. The van der Waals surface area contributed by atoms with Gasteiger partial charge in [0.25, 0.3) is 0 Å². The monoisotopic (exact) mass is 267 g/mol. The lowest BCUT2D eigenvalue weighted by Crippen LogP contribution is -1.95. The van der Waals surface area contributed by atoms with Crippen LogP contribution in [0.5, 0.6) is 0 Å². The normalized spacial score (nSPS) is 10.9. The van der Waals surface area contributed by atoms with Crippen molar-refractivity contribution in [2.24, 2.45) is 0 Å². The maximum absolute atomic E-state index is 11.2. The topological polar surface area (TPSA) is 56.2 Å². The molecule has 0 saturated carbocycles. The van der Waals surface area contributed by atoms with Gasteiger partial charge < -0.3 is 10.2 Å². The van der Waals surface area contributed by atoms with Crippen molar-refractivity contribution in [1.82, 2.24) is 0 Å². The largest absolute Gasteiger partial charge is 0.451 e. The zero-order chi connectivity index (χ0) is 11.2. The number of fused-ring (bicyclic) bond motifs is 1. The van der Waals surface area contributed by atoms with Gasteiger partial charge in [0, 0.05) is 11.4 Å². The van der Waals surface area contributed by atoms with E-state index in [0.29, 0.717) is 11.3 Å². The number of halogens is 1. The van der Waals surface area contributed by atoms with Crippen molar-refractivity contribution in [3.63, 3.8) is 0 Å². The molecule has 1 aromatic heterocycles. The van der Waals surface area contributed by atoms with Crippen LogP contribution in [0.3, 0.4) is 0 Å². The van der Waals surface area contributed by atoms with Gasteiger partial charge in [-0.25, -0.2) is 0 Å². The third-order valence-corrected chi connectivity index (χ3v) is 3.36. The highest BCUT2D eigenvalue weighted by Gasteiger charge is 2.17. The molecule has 78 valence electrons. The molecule has 0 bridgehead atoms. The molecule has 0 atom stereocenters. The Balaban J connectivity index is 2.89. The van der Waals surface area contributed by atoms with E-state index < -0.39 is 0 Å². The summed E-state index contributed by atoms with van der Waals surface area (Å²) < 4.78 is 6.27. The number of nitrogens with two attached hydrogens (primary N) is 1. The minimum atomic E-state index is -0.159. The summed E-state index contributed by atoms with van der Waals surface area (Å²) >= 11 is 3.44. The number of anilines is 1. The highest BCUT2D eigenvalue weighted by molar-refractivity contribution is 9.10. The predicted molar refractivity (Wildman–Crippen MR) is 63.1 cm³/mol. The Morgan fingerprint density at radius 3 is 2.73 bits per heavy atom. The molecule has 2 rings (SSSR count). The molecule has 0 fully saturated rings. The second kappa shape index (κ2) is 3.38. The zero-order valence-corrected chi connectivity index (χ0v) is 10.0. The molecule has 4 heteroatoms. The number of aryl methyl sites for hydroxylation is 1. The van der Waals surface area contributed by atoms with Crippen LogP contribution < -0.4 is 5.73 Å². The maximum atomic E-state index is 11.2. The molecule has 0 unspecified atom stereocenters. The van der Waals surface area contributed by atoms with E-state index in [9.17, 15) is 4.79 Å². The minimum Gasteiger partial charge on any atom is -0.451 e. The van der Waals surface area contributed by atoms with Gasteiger partial charge in [0.15, 0.2) is 11.5 Å². The fraction of sp³-hybridized carbons (Fsp3) is 0.182. The van der Waals surface area contributed by atoms with Crippen molar-refractivity contribution in [2.75, 3.05) is 5.73 Å². The summed E-state index contributed by atoms with van der Waals surface area (Å²) in [4.78, 5) is 11.2. The van der Waals surface area contributed by atoms with E-state index in [4.69, 9.17) is 10.2 Å². The van der Waals surface area contributed by atoms with Crippen LogP contribution in [0.15, 0.2) is 21.0 Å². The summed E-state index contributed by atoms with van der Waals surface area (Å²) in [5.41, 5.74) is 7.97. The zero-order valence-electron chi connectivity index (χ0n) is 8.43. The Labute approximate surface area is 95.4 Å². The standard InChI is InChI=1S/C11H10BrNO2/c1-5-3-4-7-8(9(5)12)10(13)11(15-7)6(2)14/h3-4H,13H2,1-2H3. The molecule has 0 saturated heterocycles. The molecule has 0 amide bonds. The average molecular weight is 268 g/mol. The molecule has 1 heterocycles. The first-order valence-electron chi connectivity index (χ1n) is 4.50. The van der Waals surface area contributed by atoms with Crippen LogP contribution in [0, 0.1) is 6.92 Å². The predicted octanol–water partition coefficient (Wildman–Crippen LogP) is 3.29. The van der Waals surface area contributed by atoms with Gasteiger partial charge >= 0.3 is 0 Å². The van der Waals surface area contributed by atoms with Gasteiger partial charge in [-0.05, 0) is 34.5 Å². The lowest BCUT2D eigenvalue weighted by Gasteiger charge is -1.98. The van der Waals surface area contributed by atoms with Gasteiger partial charge in [0.2, 0.25) is 0 Å². The van der Waals surface area contributed by atoms with Crippen LogP contribution in [0.25, 0.3) is 11.0 Å². The van der Waals surface area contributed by atoms with Crippen LogP contribution in [0.4, 0.5) is 5.69 Å². The Morgan fingerprint density at radius 1 is 1.47 bits per heavy atom. The molecular weight excluding hydrogens is 258 g/mol. The Bertz CT molecular complexity index is 557. The van der Waals surface area contributed by atoms with Crippen LogP contribution >= 0.6 is 15.9 Å². The summed E-state index contributed by atoms with van der Waals surface area (Å²) in [5, 5.41) is 0.778. The number of ketones is 1. The summed E-state index contributed by atoms with van der Waals surface area (Å²) in [6.07, 6.45) is 0. The van der Waals surface area contributed by atoms with Gasteiger partial charge in [-0.3, -0.25) is 4.79 Å². The Morgan fingerprint density at radius 2 is 2.13 bits per heavy atom. The lowest BCUT2D eigenvalue weighted by molar-refractivity contribution is 0.0990. The molecule has 0 radical (unpaired) electrons. The van der Waals surface area contributed by atoms with Crippen LogP contribution in [0.1, 0.15) is 23.0 Å². The molecule has 0 spiro atoms. The third kappa shape index (κ3) is 1.45. The van der Waals surface area contributed by atoms with E-state index in [2.05, 4.69) is 15.9 Å². The third-order valence-electron chi connectivity index (χ3n) is 2.34. The highest BCUT2D eigenvalue weighted by atomic mass is 79.9. The van der Waals surface area contributed by atoms with Crippen LogP contribution in [0.2, 0.25) is 0 Å². The molecule has 15 heavy (non-hydrogen) atoms. The number of benzene rings is 1. The summed E-state index contributed by atoms with van der Waals surface area (Å²) in [7, 11) is 0. The number of Topliss-reactive ketones (excluding diaryl/α,β-unsaturated/α-hetero) is 1. The van der Waals surface area contributed by atoms with E-state index >= 15 is 0 Å². The van der Waals surface area contributed by atoms with Gasteiger partial charge in [-0.15, -0.1) is 0 Å². The van der Waals surface area contributed by atoms with Crippen molar-refractivity contribution in [3.05, 3.63) is 27.9 Å². The number of furan rings is 1. The van der Waals surface area contributed by atoms with Crippen LogP contribution in [-0.4, -0.2) is 5.78 Å². The van der Waals surface area contributed by atoms with E-state index in [1.54, 1.807) is 0 Å². The van der Waals surface area contributed by atoms with E-state index in [1.807, 2.05) is 19.1 Å². The van der Waals surface area contributed by atoms with E-state index in [1.165, 1.54) is 6.92 Å². The van der Waals surface area contributed by atoms with Crippen molar-refractivity contribution >= 4 is 38.4 Å². The summed E-state index contributed by atoms with van der Waals surface area (Å²) in [6.45, 7) is 3.40. The maximum Gasteiger partial charge on any atom is 0.197 e. The molecule has 2 aromatic rings. The number of hydrogen-bond donors (Lipinski definition) is 1. The number of rotatable bonds is 1. The number of nitrogen functional groups attached to an aromatic ring is 1. The van der Waals surface area contributed by atoms with E-state index in [0.717, 1.165) is 15.4 Å². The van der Waals surface area contributed by atoms with Crippen LogP contribution in [-0.2, 0) is 0 Å². The fourth-order valence-corrected chi connectivity index (χ4v) is 2.08. The van der Waals surface area contributed by atoms with Crippen molar-refractivity contribution in [1.29, 1.82) is 0 Å². The fourth-order valence-electron chi connectivity index (χ4n) is 1.54. The Kier molecular flexibility index (Phi) is 2.31. The number of carbonyl (C=O) groups excluding carboxylic acids is 1. The van der Waals surface area contributed by atoms with Crippen molar-refractivity contribution in [2.45, 2.75) is 13.8 Å². The average Bonchev–Trinajstić information content (AvgIpc) is 2.50. The quantitative estimate of drug-likeness (QED) is 0.807. The summed E-state index contributed by atoms with van der Waals surface area (Å²) in [6, 6.07) is 3.73. The first kappa shape index (κ1) is 10.2. The lowest BCUT2D eigenvalue weighted by atomic mass is 10.1. The Hall–Kier alpha value is -1.29.